The molecule has 7 heteroatoms. The Morgan fingerprint density at radius 1 is 1.17 bits per heavy atom. The summed E-state index contributed by atoms with van der Waals surface area (Å²) >= 11 is 0. The predicted octanol–water partition coefficient (Wildman–Crippen LogP) is 0.224. The van der Waals surface area contributed by atoms with Crippen molar-refractivity contribution in [3.8, 4) is 0 Å². The van der Waals surface area contributed by atoms with Crippen LogP contribution in [0.2, 0.25) is 0 Å². The Morgan fingerprint density at radius 2 is 1.74 bits per heavy atom. The van der Waals surface area contributed by atoms with E-state index in [1.807, 2.05) is 13.8 Å². The molecule has 1 unspecified atom stereocenters. The summed E-state index contributed by atoms with van der Waals surface area (Å²) in [6.07, 6.45) is 1.35. The molecule has 0 radical (unpaired) electrons. The van der Waals surface area contributed by atoms with Crippen LogP contribution in [0.3, 0.4) is 0 Å². The van der Waals surface area contributed by atoms with Crippen molar-refractivity contribution in [2.75, 3.05) is 26.3 Å². The van der Waals surface area contributed by atoms with E-state index in [-0.39, 0.29) is 23.7 Å². The molecule has 7 nitrogen and oxygen atoms in total. The molecule has 0 saturated heterocycles. The van der Waals surface area contributed by atoms with Crippen LogP contribution < -0.4 is 16.4 Å². The average molecular weight is 329 g/mol. The van der Waals surface area contributed by atoms with Gasteiger partial charge in [0, 0.05) is 24.9 Å². The van der Waals surface area contributed by atoms with Crippen LogP contribution in [0, 0.1) is 11.3 Å². The molecule has 0 aliphatic carbocycles. The maximum absolute atomic E-state index is 12.0. The minimum atomic E-state index is -0.764. The van der Waals surface area contributed by atoms with Gasteiger partial charge in [-0.1, -0.05) is 27.7 Å². The second kappa shape index (κ2) is 11.1. The standard InChI is InChI=1S/C16H31N3O4/c1-12(2)10-16(3,4)15(22)19-6-8-23-7-5-18-14(21)9-13(17)11-20/h11-13H,5-10,17H2,1-4H3,(H,18,21)(H,19,22). The van der Waals surface area contributed by atoms with Gasteiger partial charge in [0.25, 0.3) is 0 Å². The number of carbonyl (C=O) groups excluding carboxylic acids is 3. The number of amides is 2. The molecule has 0 aromatic heterocycles. The quantitative estimate of drug-likeness (QED) is 0.350. The zero-order valence-corrected chi connectivity index (χ0v) is 14.7. The molecule has 0 heterocycles. The first kappa shape index (κ1) is 21.5. The van der Waals surface area contributed by atoms with Crippen molar-refractivity contribution in [1.29, 1.82) is 0 Å². The lowest BCUT2D eigenvalue weighted by atomic mass is 9.83. The highest BCUT2D eigenvalue weighted by Gasteiger charge is 2.27. The Bertz CT molecular complexity index is 384. The Kier molecular flexibility index (Phi) is 10.4. The molecule has 0 saturated carbocycles. The van der Waals surface area contributed by atoms with E-state index in [4.69, 9.17) is 10.5 Å². The van der Waals surface area contributed by atoms with E-state index in [0.29, 0.717) is 38.5 Å². The maximum Gasteiger partial charge on any atom is 0.225 e. The van der Waals surface area contributed by atoms with Crippen LogP contribution in [-0.2, 0) is 19.1 Å². The van der Waals surface area contributed by atoms with Crippen molar-refractivity contribution in [3.05, 3.63) is 0 Å². The molecule has 0 fully saturated rings. The molecule has 0 spiro atoms. The second-order valence-electron chi connectivity index (χ2n) is 6.70. The molecular formula is C16H31N3O4. The highest BCUT2D eigenvalue weighted by Crippen LogP contribution is 2.25. The summed E-state index contributed by atoms with van der Waals surface area (Å²) in [5.41, 5.74) is 4.95. The van der Waals surface area contributed by atoms with Crippen molar-refractivity contribution in [3.63, 3.8) is 0 Å². The summed E-state index contributed by atoms with van der Waals surface area (Å²) in [6, 6.07) is -0.764. The van der Waals surface area contributed by atoms with E-state index >= 15 is 0 Å². The van der Waals surface area contributed by atoms with Crippen molar-refractivity contribution in [1.82, 2.24) is 10.6 Å². The molecule has 0 aromatic rings. The second-order valence-corrected chi connectivity index (χ2v) is 6.70. The fourth-order valence-corrected chi connectivity index (χ4v) is 2.29. The summed E-state index contributed by atoms with van der Waals surface area (Å²) < 4.78 is 5.33. The maximum atomic E-state index is 12.0. The first-order chi connectivity index (χ1) is 10.7. The minimum absolute atomic E-state index is 0.0194. The van der Waals surface area contributed by atoms with Crippen LogP contribution in [0.4, 0.5) is 0 Å². The number of nitrogens with one attached hydrogen (secondary N) is 2. The van der Waals surface area contributed by atoms with E-state index in [1.54, 1.807) is 0 Å². The molecule has 0 bridgehead atoms. The van der Waals surface area contributed by atoms with Gasteiger partial charge in [0.05, 0.1) is 19.3 Å². The number of aldehydes is 1. The van der Waals surface area contributed by atoms with Gasteiger partial charge in [-0.3, -0.25) is 9.59 Å². The number of hydrogen-bond donors (Lipinski definition) is 3. The Hall–Kier alpha value is -1.47. The summed E-state index contributed by atoms with van der Waals surface area (Å²) in [5, 5.41) is 5.46. The highest BCUT2D eigenvalue weighted by molar-refractivity contribution is 5.81. The van der Waals surface area contributed by atoms with Gasteiger partial charge in [0.1, 0.15) is 6.29 Å². The van der Waals surface area contributed by atoms with Crippen LogP contribution >= 0.6 is 0 Å². The fourth-order valence-electron chi connectivity index (χ4n) is 2.29. The monoisotopic (exact) mass is 329 g/mol. The lowest BCUT2D eigenvalue weighted by Crippen LogP contribution is -2.39. The topological polar surface area (TPSA) is 111 Å². The average Bonchev–Trinajstić information content (AvgIpc) is 2.44. The van der Waals surface area contributed by atoms with Crippen LogP contribution in [0.25, 0.3) is 0 Å². The summed E-state index contributed by atoms with van der Waals surface area (Å²) in [5.74, 6) is 0.200. The summed E-state index contributed by atoms with van der Waals surface area (Å²) in [7, 11) is 0. The molecule has 0 rings (SSSR count). The summed E-state index contributed by atoms with van der Waals surface area (Å²) in [4.78, 5) is 33.7. The largest absolute Gasteiger partial charge is 0.378 e. The fraction of sp³-hybridized carbons (Fsp3) is 0.812. The lowest BCUT2D eigenvalue weighted by molar-refractivity contribution is -0.130. The van der Waals surface area contributed by atoms with Gasteiger partial charge in [0.2, 0.25) is 11.8 Å². The number of ether oxygens (including phenoxy) is 1. The Labute approximate surface area is 138 Å². The number of hydrogen-bond acceptors (Lipinski definition) is 5. The smallest absolute Gasteiger partial charge is 0.225 e. The van der Waals surface area contributed by atoms with Crippen molar-refractivity contribution in [2.45, 2.75) is 46.6 Å². The third-order valence-corrected chi connectivity index (χ3v) is 3.23. The molecule has 2 amide bonds. The zero-order valence-electron chi connectivity index (χ0n) is 14.7. The molecular weight excluding hydrogens is 298 g/mol. The van der Waals surface area contributed by atoms with Gasteiger partial charge < -0.3 is 25.9 Å². The predicted molar refractivity (Wildman–Crippen MR) is 88.7 cm³/mol. The molecule has 0 aliphatic heterocycles. The van der Waals surface area contributed by atoms with Crippen molar-refractivity contribution >= 4 is 18.1 Å². The minimum Gasteiger partial charge on any atom is -0.378 e. The van der Waals surface area contributed by atoms with Gasteiger partial charge in [0.15, 0.2) is 0 Å². The highest BCUT2D eigenvalue weighted by atomic mass is 16.5. The summed E-state index contributed by atoms with van der Waals surface area (Å²) in [6.45, 7) is 9.55. The van der Waals surface area contributed by atoms with Gasteiger partial charge in [-0.2, -0.15) is 0 Å². The normalized spacial score (nSPS) is 12.8. The van der Waals surface area contributed by atoms with Crippen LogP contribution in [0.15, 0.2) is 0 Å². The van der Waals surface area contributed by atoms with Gasteiger partial charge >= 0.3 is 0 Å². The number of rotatable bonds is 12. The molecule has 1 atom stereocenters. The van der Waals surface area contributed by atoms with Crippen LogP contribution in [0.1, 0.15) is 40.5 Å². The lowest BCUT2D eigenvalue weighted by Gasteiger charge is -2.25. The van der Waals surface area contributed by atoms with Gasteiger partial charge in [-0.05, 0) is 12.3 Å². The molecule has 4 N–H and O–H groups in total. The van der Waals surface area contributed by atoms with Gasteiger partial charge in [-0.25, -0.2) is 0 Å². The molecule has 23 heavy (non-hydrogen) atoms. The molecule has 0 aliphatic rings. The Morgan fingerprint density at radius 3 is 2.26 bits per heavy atom. The zero-order chi connectivity index (χ0) is 17.9. The molecule has 0 aromatic carbocycles. The third kappa shape index (κ3) is 10.8. The SMILES string of the molecule is CC(C)CC(C)(C)C(=O)NCCOCCNC(=O)CC(N)C=O. The van der Waals surface area contributed by atoms with E-state index < -0.39 is 6.04 Å². The van der Waals surface area contributed by atoms with E-state index in [2.05, 4.69) is 24.5 Å². The van der Waals surface area contributed by atoms with Crippen molar-refractivity contribution in [2.24, 2.45) is 17.1 Å². The first-order valence-electron chi connectivity index (χ1n) is 8.02. The van der Waals surface area contributed by atoms with Gasteiger partial charge in [-0.15, -0.1) is 0 Å². The third-order valence-electron chi connectivity index (χ3n) is 3.23. The van der Waals surface area contributed by atoms with Crippen LogP contribution in [0.5, 0.6) is 0 Å². The number of carbonyl (C=O) groups is 3. The van der Waals surface area contributed by atoms with E-state index in [1.165, 1.54) is 0 Å². The van der Waals surface area contributed by atoms with E-state index in [9.17, 15) is 14.4 Å². The number of nitrogens with two attached hydrogens (primary N) is 1. The van der Waals surface area contributed by atoms with Crippen LogP contribution in [-0.4, -0.2) is 50.4 Å². The van der Waals surface area contributed by atoms with Crippen molar-refractivity contribution < 1.29 is 19.1 Å². The van der Waals surface area contributed by atoms with E-state index in [0.717, 1.165) is 6.42 Å². The first-order valence-corrected chi connectivity index (χ1v) is 8.02. The molecule has 134 valence electrons. The Balaban J connectivity index is 3.68.